The van der Waals surface area contributed by atoms with Gasteiger partial charge in [-0.1, -0.05) is 18.2 Å². The van der Waals surface area contributed by atoms with Crippen LogP contribution in [0.15, 0.2) is 41.3 Å². The van der Waals surface area contributed by atoms with E-state index in [0.717, 1.165) is 18.2 Å². The van der Waals surface area contributed by atoms with Gasteiger partial charge in [0, 0.05) is 6.07 Å². The lowest BCUT2D eigenvalue weighted by molar-refractivity contribution is -0.274. The van der Waals surface area contributed by atoms with Crippen LogP contribution >= 0.6 is 0 Å². The van der Waals surface area contributed by atoms with Gasteiger partial charge in [-0.15, -0.1) is 13.2 Å². The molecular formula is C15H18F3NO5S. The zero-order chi connectivity index (χ0) is 19.1. The van der Waals surface area contributed by atoms with Crippen molar-refractivity contribution >= 4 is 16.0 Å². The van der Waals surface area contributed by atoms with Crippen molar-refractivity contribution in [1.82, 2.24) is 4.72 Å². The molecule has 0 saturated heterocycles. The van der Waals surface area contributed by atoms with Crippen LogP contribution in [0.4, 0.5) is 13.2 Å². The highest BCUT2D eigenvalue weighted by atomic mass is 32.2. The summed E-state index contributed by atoms with van der Waals surface area (Å²) in [6.45, 7) is 3.31. The molecule has 0 aliphatic heterocycles. The SMILES string of the molecule is C/C=C/CC(NS(=O)(=O)c1cccc(OC(F)(F)F)c1)C(=O)OCC. The minimum absolute atomic E-state index is 0.0350. The van der Waals surface area contributed by atoms with Crippen molar-refractivity contribution in [1.29, 1.82) is 0 Å². The highest BCUT2D eigenvalue weighted by Gasteiger charge is 2.32. The maximum absolute atomic E-state index is 12.4. The second-order valence-electron chi connectivity index (χ2n) is 4.75. The summed E-state index contributed by atoms with van der Waals surface area (Å²) in [5.74, 6) is -1.47. The van der Waals surface area contributed by atoms with Crippen LogP contribution in [0, 0.1) is 0 Å². The number of hydrogen-bond donors (Lipinski definition) is 1. The third-order valence-electron chi connectivity index (χ3n) is 2.83. The molecule has 1 unspecified atom stereocenters. The van der Waals surface area contributed by atoms with E-state index in [-0.39, 0.29) is 13.0 Å². The minimum Gasteiger partial charge on any atom is -0.465 e. The van der Waals surface area contributed by atoms with Crippen LogP contribution in [-0.2, 0) is 19.6 Å². The highest BCUT2D eigenvalue weighted by Crippen LogP contribution is 2.25. The predicted octanol–water partition coefficient (Wildman–Crippen LogP) is 2.76. The third kappa shape index (κ3) is 7.14. The number of esters is 1. The van der Waals surface area contributed by atoms with Crippen molar-refractivity contribution in [2.45, 2.75) is 37.6 Å². The number of nitrogens with one attached hydrogen (secondary N) is 1. The van der Waals surface area contributed by atoms with Gasteiger partial charge in [-0.3, -0.25) is 4.79 Å². The van der Waals surface area contributed by atoms with Crippen molar-refractivity contribution in [3.05, 3.63) is 36.4 Å². The van der Waals surface area contributed by atoms with Gasteiger partial charge >= 0.3 is 12.3 Å². The fourth-order valence-corrected chi connectivity index (χ4v) is 3.03. The van der Waals surface area contributed by atoms with Crippen LogP contribution in [-0.4, -0.2) is 33.4 Å². The average Bonchev–Trinajstić information content (AvgIpc) is 2.50. The normalized spacial score (nSPS) is 13.6. The molecule has 1 aromatic rings. The lowest BCUT2D eigenvalue weighted by atomic mass is 10.2. The van der Waals surface area contributed by atoms with E-state index in [1.54, 1.807) is 26.0 Å². The topological polar surface area (TPSA) is 81.7 Å². The van der Waals surface area contributed by atoms with E-state index in [2.05, 4.69) is 9.46 Å². The first kappa shape index (κ1) is 21.0. The van der Waals surface area contributed by atoms with Gasteiger partial charge in [0.05, 0.1) is 11.5 Å². The Labute approximate surface area is 143 Å². The molecule has 0 saturated carbocycles. The first-order chi connectivity index (χ1) is 11.6. The predicted molar refractivity (Wildman–Crippen MR) is 83.3 cm³/mol. The van der Waals surface area contributed by atoms with E-state index < -0.39 is 39.0 Å². The van der Waals surface area contributed by atoms with Gasteiger partial charge in [-0.2, -0.15) is 4.72 Å². The van der Waals surface area contributed by atoms with Gasteiger partial charge in [-0.25, -0.2) is 8.42 Å². The van der Waals surface area contributed by atoms with E-state index in [1.165, 1.54) is 0 Å². The van der Waals surface area contributed by atoms with E-state index in [1.807, 2.05) is 0 Å². The Morgan fingerprint density at radius 3 is 2.60 bits per heavy atom. The second-order valence-corrected chi connectivity index (χ2v) is 6.47. The lowest BCUT2D eigenvalue weighted by Crippen LogP contribution is -2.41. The molecule has 1 rings (SSSR count). The monoisotopic (exact) mass is 381 g/mol. The Morgan fingerprint density at radius 1 is 1.36 bits per heavy atom. The first-order valence-corrected chi connectivity index (χ1v) is 8.73. The van der Waals surface area contributed by atoms with Crippen molar-refractivity contribution in [3.8, 4) is 5.75 Å². The number of carbonyl (C=O) groups excluding carboxylic acids is 1. The van der Waals surface area contributed by atoms with Gasteiger partial charge in [0.2, 0.25) is 10.0 Å². The number of ether oxygens (including phenoxy) is 2. The molecule has 0 heterocycles. The van der Waals surface area contributed by atoms with Crippen molar-refractivity contribution in [2.75, 3.05) is 6.61 Å². The average molecular weight is 381 g/mol. The van der Waals surface area contributed by atoms with Gasteiger partial charge in [0.25, 0.3) is 0 Å². The molecule has 0 fully saturated rings. The number of benzene rings is 1. The quantitative estimate of drug-likeness (QED) is 0.553. The first-order valence-electron chi connectivity index (χ1n) is 7.25. The van der Waals surface area contributed by atoms with E-state index in [0.29, 0.717) is 6.07 Å². The molecule has 25 heavy (non-hydrogen) atoms. The fourth-order valence-electron chi connectivity index (χ4n) is 1.80. The Morgan fingerprint density at radius 2 is 2.04 bits per heavy atom. The van der Waals surface area contributed by atoms with Crippen LogP contribution in [0.25, 0.3) is 0 Å². The van der Waals surface area contributed by atoms with Crippen molar-refractivity contribution in [2.24, 2.45) is 0 Å². The summed E-state index contributed by atoms with van der Waals surface area (Å²) in [4.78, 5) is 11.4. The molecule has 0 spiro atoms. The molecule has 0 aliphatic carbocycles. The molecule has 0 aliphatic rings. The molecular weight excluding hydrogens is 363 g/mol. The van der Waals surface area contributed by atoms with Crippen molar-refractivity contribution < 1.29 is 35.9 Å². The molecule has 0 amide bonds. The zero-order valence-electron chi connectivity index (χ0n) is 13.5. The summed E-state index contributed by atoms with van der Waals surface area (Å²) in [5.41, 5.74) is 0. The zero-order valence-corrected chi connectivity index (χ0v) is 14.4. The molecule has 1 aromatic carbocycles. The summed E-state index contributed by atoms with van der Waals surface area (Å²) < 4.78 is 72.1. The molecule has 10 heteroatoms. The van der Waals surface area contributed by atoms with Crippen LogP contribution in [0.2, 0.25) is 0 Å². The maximum atomic E-state index is 12.4. The molecule has 0 aromatic heterocycles. The summed E-state index contributed by atoms with van der Waals surface area (Å²) >= 11 is 0. The molecule has 6 nitrogen and oxygen atoms in total. The van der Waals surface area contributed by atoms with Crippen LogP contribution in [0.1, 0.15) is 20.3 Å². The van der Waals surface area contributed by atoms with Crippen LogP contribution in [0.5, 0.6) is 5.75 Å². The molecule has 1 N–H and O–H groups in total. The summed E-state index contributed by atoms with van der Waals surface area (Å²) in [6.07, 6.45) is -1.73. The largest absolute Gasteiger partial charge is 0.573 e. The van der Waals surface area contributed by atoms with Gasteiger partial charge in [-0.05, 0) is 32.4 Å². The third-order valence-corrected chi connectivity index (χ3v) is 4.29. The molecule has 0 radical (unpaired) electrons. The molecule has 140 valence electrons. The Hall–Kier alpha value is -2.07. The van der Waals surface area contributed by atoms with E-state index >= 15 is 0 Å². The number of carbonyl (C=O) groups is 1. The van der Waals surface area contributed by atoms with Crippen LogP contribution in [0.3, 0.4) is 0 Å². The minimum atomic E-state index is -4.95. The van der Waals surface area contributed by atoms with Crippen molar-refractivity contribution in [3.63, 3.8) is 0 Å². The second kappa shape index (κ2) is 8.86. The molecule has 0 bridgehead atoms. The number of alkyl halides is 3. The fraction of sp³-hybridized carbons (Fsp3) is 0.400. The summed E-state index contributed by atoms with van der Waals surface area (Å²) in [6, 6.07) is 2.67. The highest BCUT2D eigenvalue weighted by molar-refractivity contribution is 7.89. The van der Waals surface area contributed by atoms with E-state index in [9.17, 15) is 26.4 Å². The van der Waals surface area contributed by atoms with Gasteiger partial charge < -0.3 is 9.47 Å². The van der Waals surface area contributed by atoms with Gasteiger partial charge in [0.15, 0.2) is 0 Å². The molecule has 1 atom stereocenters. The number of halogens is 3. The Kier molecular flexibility index (Phi) is 7.43. The Balaban J connectivity index is 3.05. The number of hydrogen-bond acceptors (Lipinski definition) is 5. The summed E-state index contributed by atoms with van der Waals surface area (Å²) in [5, 5.41) is 0. The number of allylic oxidation sites excluding steroid dienone is 1. The van der Waals surface area contributed by atoms with E-state index in [4.69, 9.17) is 4.74 Å². The number of rotatable bonds is 8. The maximum Gasteiger partial charge on any atom is 0.573 e. The Bertz CT molecular complexity index is 716. The lowest BCUT2D eigenvalue weighted by Gasteiger charge is -2.16. The van der Waals surface area contributed by atoms with Gasteiger partial charge in [0.1, 0.15) is 11.8 Å². The number of sulfonamides is 1. The standard InChI is InChI=1S/C15H18F3NO5S/c1-3-5-9-13(14(20)23-4-2)19-25(21,22)12-8-6-7-11(10-12)24-15(16,17)18/h3,5-8,10,13,19H,4,9H2,1-2H3/b5-3+. The smallest absolute Gasteiger partial charge is 0.465 e. The summed E-state index contributed by atoms with van der Waals surface area (Å²) in [7, 11) is -4.26. The van der Waals surface area contributed by atoms with Crippen LogP contribution < -0.4 is 9.46 Å².